The van der Waals surface area contributed by atoms with Crippen LogP contribution in [0.5, 0.6) is 0 Å². The van der Waals surface area contributed by atoms with Crippen LogP contribution in [0.4, 0.5) is 0 Å². The van der Waals surface area contributed by atoms with E-state index in [1.165, 1.54) is 42.1 Å². The second-order valence-corrected chi connectivity index (χ2v) is 15.1. The van der Waals surface area contributed by atoms with Crippen molar-refractivity contribution in [1.82, 2.24) is 4.57 Å². The molecule has 0 fully saturated rings. The molecule has 0 atom stereocenters. The summed E-state index contributed by atoms with van der Waals surface area (Å²) in [6.45, 7) is 4.42. The zero-order valence-corrected chi connectivity index (χ0v) is 31.9. The standard InChI is InChI=1S/C52H36N4S/c1-53-51(39-20-12-19-37(31-39)36-17-6-3-7-18-36)55-52(54-34-35-15-4-2-5-16-35)40-21-13-22-41(32-40)56-47-27-10-8-23-43(47)46-33-38(29-30-48(46)56)42-25-14-26-45-44-24-9-11-28-49(44)57-50(42)45/h2-33H,1,34H2. The molecule has 270 valence electrons. The molecule has 0 bridgehead atoms. The lowest BCUT2D eigenvalue weighted by atomic mass is 10.0. The van der Waals surface area contributed by atoms with Crippen molar-refractivity contribution in [3.8, 4) is 27.9 Å². The van der Waals surface area contributed by atoms with Gasteiger partial charge in [-0.3, -0.25) is 4.99 Å². The third kappa shape index (κ3) is 6.44. The van der Waals surface area contributed by atoms with E-state index in [1.54, 1.807) is 0 Å². The summed E-state index contributed by atoms with van der Waals surface area (Å²) in [5.74, 6) is 1.11. The van der Waals surface area contributed by atoms with Crippen LogP contribution in [0.2, 0.25) is 0 Å². The molecule has 4 nitrogen and oxygen atoms in total. The summed E-state index contributed by atoms with van der Waals surface area (Å²) < 4.78 is 4.98. The number of para-hydroxylation sites is 1. The molecule has 57 heavy (non-hydrogen) atoms. The highest BCUT2D eigenvalue weighted by molar-refractivity contribution is 7.26. The van der Waals surface area contributed by atoms with Gasteiger partial charge in [-0.2, -0.15) is 0 Å². The molecule has 0 unspecified atom stereocenters. The topological polar surface area (TPSA) is 42.0 Å². The van der Waals surface area contributed by atoms with Crippen LogP contribution in [0.15, 0.2) is 209 Å². The van der Waals surface area contributed by atoms with Crippen LogP contribution in [-0.2, 0) is 6.54 Å². The van der Waals surface area contributed by atoms with Gasteiger partial charge in [0.1, 0.15) is 0 Å². The van der Waals surface area contributed by atoms with Crippen LogP contribution >= 0.6 is 11.3 Å². The zero-order valence-electron chi connectivity index (χ0n) is 31.1. The van der Waals surface area contributed by atoms with Crippen molar-refractivity contribution in [2.24, 2.45) is 15.0 Å². The number of hydrogen-bond acceptors (Lipinski definition) is 2. The molecule has 10 rings (SSSR count). The molecule has 2 heterocycles. The quantitative estimate of drug-likeness (QED) is 0.115. The number of benzene rings is 8. The van der Waals surface area contributed by atoms with Crippen molar-refractivity contribution >= 4 is 71.7 Å². The van der Waals surface area contributed by atoms with Gasteiger partial charge in [-0.25, -0.2) is 9.98 Å². The molecule has 2 aromatic heterocycles. The predicted octanol–water partition coefficient (Wildman–Crippen LogP) is 13.6. The Morgan fingerprint density at radius 3 is 2.00 bits per heavy atom. The van der Waals surface area contributed by atoms with Gasteiger partial charge in [0, 0.05) is 47.8 Å². The van der Waals surface area contributed by atoms with Crippen LogP contribution in [0.3, 0.4) is 0 Å². The van der Waals surface area contributed by atoms with Gasteiger partial charge in [0.05, 0.1) is 17.6 Å². The summed E-state index contributed by atoms with van der Waals surface area (Å²) in [5, 5.41) is 5.03. The smallest absolute Gasteiger partial charge is 0.161 e. The summed E-state index contributed by atoms with van der Waals surface area (Å²) in [4.78, 5) is 14.7. The van der Waals surface area contributed by atoms with Crippen LogP contribution in [-0.4, -0.2) is 23.0 Å². The number of hydrogen-bond donors (Lipinski definition) is 0. The summed E-state index contributed by atoms with van der Waals surface area (Å²) in [5.41, 5.74) is 10.9. The second kappa shape index (κ2) is 14.8. The number of aliphatic imine (C=N–C) groups is 3. The Morgan fingerprint density at radius 1 is 0.491 bits per heavy atom. The Morgan fingerprint density at radius 2 is 1.16 bits per heavy atom. The molecule has 0 saturated heterocycles. The number of fused-ring (bicyclic) bond motifs is 6. The van der Waals surface area contributed by atoms with E-state index in [9.17, 15) is 0 Å². The van der Waals surface area contributed by atoms with Gasteiger partial charge in [-0.1, -0.05) is 152 Å². The predicted molar refractivity (Wildman–Crippen MR) is 244 cm³/mol. The van der Waals surface area contributed by atoms with E-state index in [0.717, 1.165) is 44.5 Å². The average molecular weight is 749 g/mol. The summed E-state index contributed by atoms with van der Waals surface area (Å²) in [6.07, 6.45) is 0. The van der Waals surface area contributed by atoms with E-state index >= 15 is 0 Å². The van der Waals surface area contributed by atoms with Gasteiger partial charge >= 0.3 is 0 Å². The van der Waals surface area contributed by atoms with Crippen molar-refractivity contribution in [2.75, 3.05) is 0 Å². The minimum absolute atomic E-state index is 0.475. The molecule has 0 aliphatic heterocycles. The lowest BCUT2D eigenvalue weighted by Crippen LogP contribution is -2.07. The lowest BCUT2D eigenvalue weighted by Gasteiger charge is -2.12. The molecule has 0 aliphatic rings. The van der Waals surface area contributed by atoms with Gasteiger partial charge in [0.25, 0.3) is 0 Å². The molecule has 0 radical (unpaired) electrons. The van der Waals surface area contributed by atoms with Crippen LogP contribution in [0.25, 0.3) is 69.9 Å². The van der Waals surface area contributed by atoms with E-state index in [2.05, 4.69) is 162 Å². The molecular formula is C52H36N4S. The Labute approximate surface area is 335 Å². The monoisotopic (exact) mass is 748 g/mol. The SMILES string of the molecule is C=NC(=NC(=NCc1ccccc1)c1cccc(-n2c3ccccc3c3cc(-c4cccc5c4sc4ccccc45)ccc32)c1)c1cccc(-c2ccccc2)c1. The molecule has 0 saturated carbocycles. The highest BCUT2D eigenvalue weighted by Crippen LogP contribution is 2.42. The number of amidine groups is 2. The van der Waals surface area contributed by atoms with Crippen LogP contribution in [0.1, 0.15) is 16.7 Å². The van der Waals surface area contributed by atoms with E-state index in [1.807, 2.05) is 59.9 Å². The van der Waals surface area contributed by atoms with Crippen molar-refractivity contribution in [1.29, 1.82) is 0 Å². The minimum atomic E-state index is 0.475. The molecule has 8 aromatic carbocycles. The first-order chi connectivity index (χ1) is 28.2. The molecule has 0 aliphatic carbocycles. The normalized spacial score (nSPS) is 12.2. The number of nitrogens with zero attached hydrogens (tertiary/aromatic N) is 4. The molecule has 0 spiro atoms. The molecule has 5 heteroatoms. The van der Waals surface area contributed by atoms with Gasteiger partial charge in [0.2, 0.25) is 0 Å². The Hall–Kier alpha value is -7.21. The van der Waals surface area contributed by atoms with Crippen molar-refractivity contribution in [3.63, 3.8) is 0 Å². The maximum atomic E-state index is 5.15. The largest absolute Gasteiger partial charge is 0.309 e. The van der Waals surface area contributed by atoms with Crippen molar-refractivity contribution in [3.05, 3.63) is 211 Å². The van der Waals surface area contributed by atoms with Crippen molar-refractivity contribution in [2.45, 2.75) is 6.54 Å². The zero-order chi connectivity index (χ0) is 38.1. The molecular weight excluding hydrogens is 713 g/mol. The Bertz CT molecular complexity index is 3170. The first kappa shape index (κ1) is 34.3. The highest BCUT2D eigenvalue weighted by atomic mass is 32.1. The maximum Gasteiger partial charge on any atom is 0.161 e. The average Bonchev–Trinajstić information content (AvgIpc) is 3.83. The van der Waals surface area contributed by atoms with E-state index in [0.29, 0.717) is 18.2 Å². The molecule has 0 amide bonds. The number of thiophene rings is 1. The summed E-state index contributed by atoms with van der Waals surface area (Å²) in [7, 11) is 0. The van der Waals surface area contributed by atoms with Gasteiger partial charge in [-0.15, -0.1) is 11.3 Å². The van der Waals surface area contributed by atoms with Gasteiger partial charge in [0.15, 0.2) is 11.7 Å². The van der Waals surface area contributed by atoms with E-state index in [-0.39, 0.29) is 0 Å². The highest BCUT2D eigenvalue weighted by Gasteiger charge is 2.17. The Balaban J connectivity index is 1.10. The summed E-state index contributed by atoms with van der Waals surface area (Å²) in [6, 6.07) is 68.4. The van der Waals surface area contributed by atoms with E-state index < -0.39 is 0 Å². The third-order valence-corrected chi connectivity index (χ3v) is 11.8. The first-order valence-corrected chi connectivity index (χ1v) is 19.9. The maximum absolute atomic E-state index is 5.15. The molecule has 10 aromatic rings. The van der Waals surface area contributed by atoms with Gasteiger partial charge in [-0.05, 0) is 77.0 Å². The summed E-state index contributed by atoms with van der Waals surface area (Å²) >= 11 is 1.87. The fraction of sp³-hybridized carbons (Fsp3) is 0.0192. The van der Waals surface area contributed by atoms with Gasteiger partial charge < -0.3 is 4.57 Å². The number of rotatable bonds is 7. The lowest BCUT2D eigenvalue weighted by molar-refractivity contribution is 1.06. The fourth-order valence-corrected chi connectivity index (χ4v) is 9.12. The van der Waals surface area contributed by atoms with Crippen LogP contribution in [0, 0.1) is 0 Å². The Kier molecular flexibility index (Phi) is 8.90. The fourth-order valence-electron chi connectivity index (χ4n) is 7.88. The van der Waals surface area contributed by atoms with E-state index in [4.69, 9.17) is 9.98 Å². The number of aromatic nitrogens is 1. The second-order valence-electron chi connectivity index (χ2n) is 14.1. The first-order valence-electron chi connectivity index (χ1n) is 19.1. The molecule has 0 N–H and O–H groups in total. The third-order valence-electron chi connectivity index (χ3n) is 10.6. The minimum Gasteiger partial charge on any atom is -0.309 e. The van der Waals surface area contributed by atoms with Crippen LogP contribution < -0.4 is 0 Å². The van der Waals surface area contributed by atoms with Crippen molar-refractivity contribution < 1.29 is 0 Å².